The number of nitroso groups, excluding NO2 is 1. The average Bonchev–Trinajstić information content (AvgIpc) is 2.53. The number of rotatable bonds is 8. The quantitative estimate of drug-likeness (QED) is 0.572. The van der Waals surface area contributed by atoms with Gasteiger partial charge in [-0.25, -0.2) is 9.59 Å². The minimum Gasteiger partial charge on any atom is -0.461 e. The molecule has 2 atom stereocenters. The molecule has 1 aromatic rings. The Morgan fingerprint density at radius 3 is 2.43 bits per heavy atom. The van der Waals surface area contributed by atoms with Crippen LogP contribution in [0.3, 0.4) is 0 Å². The third kappa shape index (κ3) is 4.78. The molecule has 1 rings (SSSR count). The van der Waals surface area contributed by atoms with Crippen molar-refractivity contribution in [2.45, 2.75) is 25.1 Å². The largest absolute Gasteiger partial charge is 0.461 e. The van der Waals surface area contributed by atoms with Crippen molar-refractivity contribution in [2.24, 2.45) is 5.18 Å². The summed E-state index contributed by atoms with van der Waals surface area (Å²) >= 11 is 0. The Hall–Kier alpha value is -2.42. The number of ether oxygens (including phenoxy) is 2. The maximum atomic E-state index is 14.1. The van der Waals surface area contributed by atoms with Gasteiger partial charge in [-0.05, 0) is 19.1 Å². The van der Waals surface area contributed by atoms with E-state index < -0.39 is 36.6 Å². The number of alkyl halides is 2. The molecule has 0 bridgehead atoms. The van der Waals surface area contributed by atoms with E-state index >= 15 is 0 Å². The van der Waals surface area contributed by atoms with Crippen LogP contribution in [0.15, 0.2) is 35.5 Å². The molecule has 0 radical (unpaired) electrons. The number of aliphatic hydroxyl groups is 1. The molecule has 23 heavy (non-hydrogen) atoms. The van der Waals surface area contributed by atoms with Crippen LogP contribution in [0.2, 0.25) is 0 Å². The summed E-state index contributed by atoms with van der Waals surface area (Å²) in [7, 11) is 0. The molecule has 9 heteroatoms. The van der Waals surface area contributed by atoms with E-state index in [0.29, 0.717) is 0 Å². The van der Waals surface area contributed by atoms with E-state index in [1.165, 1.54) is 31.2 Å². The van der Waals surface area contributed by atoms with Crippen molar-refractivity contribution in [3.8, 4) is 0 Å². The van der Waals surface area contributed by atoms with Gasteiger partial charge in [-0.1, -0.05) is 23.4 Å². The third-order valence-corrected chi connectivity index (χ3v) is 2.76. The molecule has 0 saturated heterocycles. The summed E-state index contributed by atoms with van der Waals surface area (Å²) in [5.41, 5.74) is -0.0663. The molecule has 0 aliphatic rings. The lowest BCUT2D eigenvalue weighted by Crippen LogP contribution is -2.52. The van der Waals surface area contributed by atoms with Crippen molar-refractivity contribution in [2.75, 3.05) is 13.2 Å². The Morgan fingerprint density at radius 2 is 1.91 bits per heavy atom. The molecule has 0 aliphatic heterocycles. The van der Waals surface area contributed by atoms with Crippen molar-refractivity contribution < 1.29 is 33.0 Å². The maximum Gasteiger partial charge on any atom is 0.381 e. The van der Waals surface area contributed by atoms with Crippen molar-refractivity contribution >= 4 is 11.9 Å². The minimum atomic E-state index is -4.34. The molecular formula is C14H15F2NO6. The fourth-order valence-corrected chi connectivity index (χ4v) is 1.67. The van der Waals surface area contributed by atoms with Gasteiger partial charge < -0.3 is 14.6 Å². The molecule has 0 saturated carbocycles. The second-order valence-corrected chi connectivity index (χ2v) is 4.41. The predicted molar refractivity (Wildman–Crippen MR) is 73.9 cm³/mol. The van der Waals surface area contributed by atoms with Gasteiger partial charge in [-0.15, -0.1) is 0 Å². The SMILES string of the molecule is CCOC(=O)C(F)(F)C(OC(=O)c1ccccc1)[C@H](O)CN=O. The number of hydrogen-bond donors (Lipinski definition) is 1. The summed E-state index contributed by atoms with van der Waals surface area (Å²) in [4.78, 5) is 33.4. The highest BCUT2D eigenvalue weighted by molar-refractivity contribution is 5.90. The molecule has 0 aromatic heterocycles. The van der Waals surface area contributed by atoms with Crippen LogP contribution in [0.25, 0.3) is 0 Å². The predicted octanol–water partition coefficient (Wildman–Crippen LogP) is 1.54. The first-order valence-corrected chi connectivity index (χ1v) is 6.62. The van der Waals surface area contributed by atoms with E-state index in [1.54, 1.807) is 6.07 Å². The minimum absolute atomic E-state index is 0.0663. The van der Waals surface area contributed by atoms with Crippen LogP contribution in [0.5, 0.6) is 0 Å². The topological polar surface area (TPSA) is 102 Å². The number of esters is 2. The Balaban J connectivity index is 3.03. The lowest BCUT2D eigenvalue weighted by molar-refractivity contribution is -0.199. The fourth-order valence-electron chi connectivity index (χ4n) is 1.67. The van der Waals surface area contributed by atoms with Gasteiger partial charge >= 0.3 is 17.9 Å². The first-order chi connectivity index (χ1) is 10.8. The van der Waals surface area contributed by atoms with Gasteiger partial charge in [0.2, 0.25) is 6.10 Å². The van der Waals surface area contributed by atoms with Crippen LogP contribution in [0, 0.1) is 4.91 Å². The Labute approximate surface area is 130 Å². The zero-order valence-electron chi connectivity index (χ0n) is 12.1. The molecule has 1 aromatic carbocycles. The fraction of sp³-hybridized carbons (Fsp3) is 0.429. The number of aliphatic hydroxyl groups excluding tert-OH is 1. The monoisotopic (exact) mass is 331 g/mol. The normalized spacial score (nSPS) is 13.7. The lowest BCUT2D eigenvalue weighted by atomic mass is 10.1. The number of carbonyl (C=O) groups excluding carboxylic acids is 2. The first kappa shape index (κ1) is 18.6. The third-order valence-electron chi connectivity index (χ3n) is 2.76. The molecule has 7 nitrogen and oxygen atoms in total. The molecule has 126 valence electrons. The van der Waals surface area contributed by atoms with Crippen LogP contribution < -0.4 is 0 Å². The van der Waals surface area contributed by atoms with Gasteiger partial charge in [-0.2, -0.15) is 13.7 Å². The highest BCUT2D eigenvalue weighted by Gasteiger charge is 2.54. The van der Waals surface area contributed by atoms with Crippen molar-refractivity contribution in [3.05, 3.63) is 40.8 Å². The summed E-state index contributed by atoms with van der Waals surface area (Å²) in [6.07, 6.45) is -4.77. The van der Waals surface area contributed by atoms with Crippen LogP contribution in [0.1, 0.15) is 17.3 Å². The second-order valence-electron chi connectivity index (χ2n) is 4.41. The van der Waals surface area contributed by atoms with Crippen LogP contribution in [-0.2, 0) is 14.3 Å². The molecule has 1 N–H and O–H groups in total. The standard InChI is InChI=1S/C14H15F2NO6/c1-2-22-13(20)14(15,16)11(10(18)8-17-21)23-12(19)9-6-4-3-5-7-9/h3-7,10-11,18H,2,8H2,1H3/t10-,11?/m1/s1. The van der Waals surface area contributed by atoms with Gasteiger partial charge in [0.25, 0.3) is 0 Å². The first-order valence-electron chi connectivity index (χ1n) is 6.62. The van der Waals surface area contributed by atoms with Crippen LogP contribution in [0.4, 0.5) is 8.78 Å². The maximum absolute atomic E-state index is 14.1. The van der Waals surface area contributed by atoms with Crippen molar-refractivity contribution in [1.82, 2.24) is 0 Å². The van der Waals surface area contributed by atoms with Crippen LogP contribution >= 0.6 is 0 Å². The van der Waals surface area contributed by atoms with E-state index in [-0.39, 0.29) is 12.2 Å². The molecule has 0 heterocycles. The Morgan fingerprint density at radius 1 is 1.30 bits per heavy atom. The molecule has 0 amide bonds. The number of nitrogens with zero attached hydrogens (tertiary/aromatic N) is 1. The van der Waals surface area contributed by atoms with Gasteiger partial charge in [0.1, 0.15) is 12.6 Å². The zero-order valence-corrected chi connectivity index (χ0v) is 12.1. The molecule has 0 spiro atoms. The molecule has 1 unspecified atom stereocenters. The van der Waals surface area contributed by atoms with Crippen LogP contribution in [-0.4, -0.2) is 48.3 Å². The van der Waals surface area contributed by atoms with E-state index in [9.17, 15) is 28.4 Å². The van der Waals surface area contributed by atoms with E-state index in [0.717, 1.165) is 0 Å². The van der Waals surface area contributed by atoms with Crippen molar-refractivity contribution in [3.63, 3.8) is 0 Å². The lowest BCUT2D eigenvalue weighted by Gasteiger charge is -2.27. The zero-order chi connectivity index (χ0) is 17.5. The number of benzene rings is 1. The van der Waals surface area contributed by atoms with Gasteiger partial charge in [0, 0.05) is 0 Å². The summed E-state index contributed by atoms with van der Waals surface area (Å²) in [5.74, 6) is -7.51. The molecular weight excluding hydrogens is 316 g/mol. The Bertz CT molecular complexity index is 551. The van der Waals surface area contributed by atoms with Gasteiger partial charge in [-0.3, -0.25) is 0 Å². The van der Waals surface area contributed by atoms with Gasteiger partial charge in [0.15, 0.2) is 0 Å². The summed E-state index contributed by atoms with van der Waals surface area (Å²) < 4.78 is 36.9. The number of halogens is 2. The second kappa shape index (κ2) is 8.28. The highest BCUT2D eigenvalue weighted by atomic mass is 19.3. The number of carbonyl (C=O) groups is 2. The van der Waals surface area contributed by atoms with Crippen molar-refractivity contribution in [1.29, 1.82) is 0 Å². The van der Waals surface area contributed by atoms with E-state index in [1.807, 2.05) is 0 Å². The summed E-state index contributed by atoms with van der Waals surface area (Å²) in [5, 5.41) is 11.9. The Kier molecular flexibility index (Phi) is 6.70. The number of hydrogen-bond acceptors (Lipinski definition) is 7. The summed E-state index contributed by atoms with van der Waals surface area (Å²) in [6.45, 7) is -0.0140. The highest BCUT2D eigenvalue weighted by Crippen LogP contribution is 2.27. The molecule has 0 aliphatic carbocycles. The smallest absolute Gasteiger partial charge is 0.381 e. The van der Waals surface area contributed by atoms with E-state index in [2.05, 4.69) is 14.7 Å². The summed E-state index contributed by atoms with van der Waals surface area (Å²) in [6, 6.07) is 7.13. The average molecular weight is 331 g/mol. The molecule has 0 fully saturated rings. The van der Waals surface area contributed by atoms with E-state index in [4.69, 9.17) is 0 Å². The van der Waals surface area contributed by atoms with Gasteiger partial charge in [0.05, 0.1) is 12.2 Å².